The summed E-state index contributed by atoms with van der Waals surface area (Å²) in [5, 5.41) is 0. The van der Waals surface area contributed by atoms with E-state index in [9.17, 15) is 4.79 Å². The molecule has 3 aliphatic rings. The molecule has 4 rings (SSSR count). The zero-order valence-corrected chi connectivity index (χ0v) is 18.6. The molecule has 1 aromatic rings. The quantitative estimate of drug-likeness (QED) is 0.544. The van der Waals surface area contributed by atoms with Crippen LogP contribution >= 0.6 is 0 Å². The van der Waals surface area contributed by atoms with E-state index in [-0.39, 0.29) is 5.41 Å². The first kappa shape index (κ1) is 20.7. The number of carbonyl (C=O) groups is 1. The van der Waals surface area contributed by atoms with Crippen LogP contribution in [0.5, 0.6) is 5.75 Å². The summed E-state index contributed by atoms with van der Waals surface area (Å²) in [6.45, 7) is 8.41. The molecule has 3 nitrogen and oxygen atoms in total. The molecule has 2 fully saturated rings. The van der Waals surface area contributed by atoms with Gasteiger partial charge in [0.15, 0.2) is 0 Å². The lowest BCUT2D eigenvalue weighted by molar-refractivity contribution is -0.135. The summed E-state index contributed by atoms with van der Waals surface area (Å²) in [5.74, 6) is 2.27. The molecule has 0 heterocycles. The van der Waals surface area contributed by atoms with E-state index >= 15 is 0 Å². The predicted molar refractivity (Wildman–Crippen MR) is 116 cm³/mol. The van der Waals surface area contributed by atoms with Gasteiger partial charge in [-0.1, -0.05) is 44.1 Å². The predicted octanol–water partition coefficient (Wildman–Crippen LogP) is 6.11. The lowest BCUT2D eigenvalue weighted by Crippen LogP contribution is -2.47. The van der Waals surface area contributed by atoms with Crippen molar-refractivity contribution in [3.05, 3.63) is 41.0 Å². The van der Waals surface area contributed by atoms with Gasteiger partial charge in [0, 0.05) is 17.8 Å². The highest BCUT2D eigenvalue weighted by Gasteiger charge is 2.55. The second kappa shape index (κ2) is 7.91. The summed E-state index contributed by atoms with van der Waals surface area (Å²) in [5.41, 5.74) is 4.62. The Labute approximate surface area is 175 Å². The largest absolute Gasteiger partial charge is 0.497 e. The fraction of sp³-hybridized carbons (Fsp3) is 0.654. The highest BCUT2D eigenvalue weighted by molar-refractivity contribution is 5.86. The van der Waals surface area contributed by atoms with Gasteiger partial charge in [-0.25, -0.2) is 0 Å². The summed E-state index contributed by atoms with van der Waals surface area (Å²) in [6, 6.07) is 8.10. The minimum absolute atomic E-state index is 0.119. The molecule has 0 aromatic heterocycles. The van der Waals surface area contributed by atoms with Crippen LogP contribution < -0.4 is 4.74 Å². The van der Waals surface area contributed by atoms with Crippen LogP contribution in [-0.2, 0) is 16.1 Å². The molecule has 3 aliphatic carbocycles. The second-order valence-electron chi connectivity index (χ2n) is 10.0. The maximum absolute atomic E-state index is 12.8. The van der Waals surface area contributed by atoms with Gasteiger partial charge >= 0.3 is 0 Å². The number of carbonyl (C=O) groups excluding carboxylic acids is 1. The second-order valence-corrected chi connectivity index (χ2v) is 10.0. The van der Waals surface area contributed by atoms with Crippen LogP contribution in [-0.4, -0.2) is 19.5 Å². The lowest BCUT2D eigenvalue weighted by atomic mass is 9.52. The van der Waals surface area contributed by atoms with Crippen molar-refractivity contribution in [3.8, 4) is 5.75 Å². The summed E-state index contributed by atoms with van der Waals surface area (Å²) in [7, 11) is 1.69. The van der Waals surface area contributed by atoms with E-state index < -0.39 is 0 Å². The highest BCUT2D eigenvalue weighted by atomic mass is 16.5. The Hall–Kier alpha value is -1.61. The van der Waals surface area contributed by atoms with Crippen molar-refractivity contribution in [2.45, 2.75) is 72.3 Å². The van der Waals surface area contributed by atoms with Gasteiger partial charge in [0.25, 0.3) is 0 Å². The van der Waals surface area contributed by atoms with Gasteiger partial charge in [0.1, 0.15) is 11.5 Å². The van der Waals surface area contributed by atoms with E-state index in [1.165, 1.54) is 31.2 Å². The van der Waals surface area contributed by atoms with E-state index in [1.54, 1.807) is 18.3 Å². The summed E-state index contributed by atoms with van der Waals surface area (Å²) >= 11 is 0. The Balaban J connectivity index is 1.48. The molecule has 0 bridgehead atoms. The van der Waals surface area contributed by atoms with Crippen LogP contribution in [0.2, 0.25) is 0 Å². The lowest BCUT2D eigenvalue weighted by Gasteiger charge is -2.51. The molecule has 0 radical (unpaired) electrons. The van der Waals surface area contributed by atoms with Crippen molar-refractivity contribution < 1.29 is 14.3 Å². The summed E-state index contributed by atoms with van der Waals surface area (Å²) in [6.07, 6.45) is 7.72. The van der Waals surface area contributed by atoms with Crippen molar-refractivity contribution >= 4 is 5.78 Å². The average molecular weight is 397 g/mol. The van der Waals surface area contributed by atoms with Crippen LogP contribution in [0.15, 0.2) is 35.4 Å². The monoisotopic (exact) mass is 396 g/mol. The SMILES string of the molecule is COc1ccc(COC[C@@H](C)C2=C3[C@H]4CCCC(=O)[C@]4(C)CC[C@@]3(C)CC2)cc1. The van der Waals surface area contributed by atoms with Crippen molar-refractivity contribution in [2.24, 2.45) is 22.7 Å². The van der Waals surface area contributed by atoms with Crippen LogP contribution in [0.4, 0.5) is 0 Å². The number of ether oxygens (including phenoxy) is 2. The smallest absolute Gasteiger partial charge is 0.139 e. The highest BCUT2D eigenvalue weighted by Crippen LogP contribution is 2.62. The molecule has 2 saturated carbocycles. The normalized spacial score (nSPS) is 32.7. The Kier molecular flexibility index (Phi) is 5.63. The van der Waals surface area contributed by atoms with E-state index in [4.69, 9.17) is 9.47 Å². The molecule has 0 amide bonds. The van der Waals surface area contributed by atoms with Gasteiger partial charge in [-0.05, 0) is 67.6 Å². The Morgan fingerprint density at radius 1 is 1.10 bits per heavy atom. The molecule has 0 unspecified atom stereocenters. The van der Waals surface area contributed by atoms with Crippen molar-refractivity contribution in [3.63, 3.8) is 0 Å². The molecular weight excluding hydrogens is 360 g/mol. The Bertz CT molecular complexity index is 793. The number of Topliss-reactive ketones (excluding diaryl/α,β-unsaturated/α-hetero) is 1. The van der Waals surface area contributed by atoms with E-state index in [2.05, 4.69) is 32.9 Å². The van der Waals surface area contributed by atoms with Crippen LogP contribution in [0.3, 0.4) is 0 Å². The number of fused-ring (bicyclic) bond motifs is 3. The number of hydrogen-bond donors (Lipinski definition) is 0. The van der Waals surface area contributed by atoms with Gasteiger partial charge in [-0.2, -0.15) is 0 Å². The fourth-order valence-electron chi connectivity index (χ4n) is 6.24. The zero-order chi connectivity index (χ0) is 20.6. The number of methoxy groups -OCH3 is 1. The van der Waals surface area contributed by atoms with Crippen molar-refractivity contribution in [1.29, 1.82) is 0 Å². The van der Waals surface area contributed by atoms with Crippen molar-refractivity contribution in [2.75, 3.05) is 13.7 Å². The Morgan fingerprint density at radius 3 is 2.59 bits per heavy atom. The fourth-order valence-corrected chi connectivity index (χ4v) is 6.24. The van der Waals surface area contributed by atoms with Gasteiger partial charge in [0.2, 0.25) is 0 Å². The van der Waals surface area contributed by atoms with E-state index in [0.717, 1.165) is 31.6 Å². The third kappa shape index (κ3) is 3.67. The van der Waals surface area contributed by atoms with E-state index in [1.807, 2.05) is 12.1 Å². The van der Waals surface area contributed by atoms with Gasteiger partial charge < -0.3 is 9.47 Å². The number of allylic oxidation sites excluding steroid dienone is 1. The van der Waals surface area contributed by atoms with Gasteiger partial charge in [0.05, 0.1) is 20.3 Å². The van der Waals surface area contributed by atoms with Crippen LogP contribution in [0, 0.1) is 22.7 Å². The van der Waals surface area contributed by atoms with Crippen LogP contribution in [0.1, 0.15) is 71.3 Å². The Morgan fingerprint density at radius 2 is 1.86 bits per heavy atom. The first-order chi connectivity index (χ1) is 13.9. The van der Waals surface area contributed by atoms with E-state index in [0.29, 0.717) is 29.6 Å². The molecular formula is C26H36O3. The number of benzene rings is 1. The molecule has 0 aliphatic heterocycles. The number of ketones is 1. The first-order valence-corrected chi connectivity index (χ1v) is 11.3. The molecule has 29 heavy (non-hydrogen) atoms. The van der Waals surface area contributed by atoms with Crippen molar-refractivity contribution in [1.82, 2.24) is 0 Å². The molecule has 0 spiro atoms. The van der Waals surface area contributed by atoms with Crippen LogP contribution in [0.25, 0.3) is 0 Å². The summed E-state index contributed by atoms with van der Waals surface area (Å²) < 4.78 is 11.3. The summed E-state index contributed by atoms with van der Waals surface area (Å²) in [4.78, 5) is 12.8. The minimum atomic E-state index is -0.119. The molecule has 3 heteroatoms. The van der Waals surface area contributed by atoms with Gasteiger partial charge in [-0.15, -0.1) is 0 Å². The third-order valence-electron chi connectivity index (χ3n) is 8.18. The number of rotatable bonds is 6. The molecule has 4 atom stereocenters. The minimum Gasteiger partial charge on any atom is -0.497 e. The molecule has 0 N–H and O–H groups in total. The van der Waals surface area contributed by atoms with Gasteiger partial charge in [-0.3, -0.25) is 4.79 Å². The topological polar surface area (TPSA) is 35.5 Å². The maximum Gasteiger partial charge on any atom is 0.139 e. The maximum atomic E-state index is 12.8. The third-order valence-corrected chi connectivity index (χ3v) is 8.18. The average Bonchev–Trinajstić information content (AvgIpc) is 3.07. The molecule has 0 saturated heterocycles. The molecule has 158 valence electrons. The number of hydrogen-bond acceptors (Lipinski definition) is 3. The first-order valence-electron chi connectivity index (χ1n) is 11.3. The molecule has 1 aromatic carbocycles. The zero-order valence-electron chi connectivity index (χ0n) is 18.6. The standard InChI is InChI=1S/C26H36O3/c1-18(16-29-17-19-8-10-20(28-4)11-9-19)21-12-13-25(2)14-15-26(3)22(24(21)25)6-5-7-23(26)27/h8-11,18,22H,5-7,12-17H2,1-4H3/t18-,22-,25-,26-/m1/s1.